The number of rotatable bonds is 9. The molecular weight excluding hydrogens is 372 g/mol. The van der Waals surface area contributed by atoms with Crippen LogP contribution in [0.5, 0.6) is 5.75 Å². The number of aliphatic imine (C=N–C) groups is 1. The van der Waals surface area contributed by atoms with Crippen LogP contribution in [0.1, 0.15) is 23.6 Å². The molecule has 3 N–H and O–H groups in total. The second-order valence-corrected chi connectivity index (χ2v) is 6.72. The number of aliphatic hydroxyl groups excluding tert-OH is 1. The van der Waals surface area contributed by atoms with Crippen molar-refractivity contribution in [2.75, 3.05) is 19.7 Å². The van der Waals surface area contributed by atoms with Crippen LogP contribution >= 0.6 is 0 Å². The lowest BCUT2D eigenvalue weighted by atomic mass is 10.1. The number of nitrogens with zero attached hydrogens (tertiary/aromatic N) is 2. The van der Waals surface area contributed by atoms with Gasteiger partial charge in [-0.25, -0.2) is 4.99 Å². The summed E-state index contributed by atoms with van der Waals surface area (Å²) in [7, 11) is 0. The standard InChI is InChI=1S/C21H28N4O4/c1-4-22-21(23-12-17-6-5-15(2)11-16(17)3)24-13-19(26)14-29-20-9-7-18(8-10-20)25(27)28/h5-11,19,26H,4,12-14H2,1-3H3,(H2,22,23,24). The Hall–Kier alpha value is -3.13. The zero-order valence-corrected chi connectivity index (χ0v) is 17.0. The van der Waals surface area contributed by atoms with Gasteiger partial charge in [-0.15, -0.1) is 0 Å². The van der Waals surface area contributed by atoms with E-state index in [9.17, 15) is 15.2 Å². The summed E-state index contributed by atoms with van der Waals surface area (Å²) >= 11 is 0. The lowest BCUT2D eigenvalue weighted by Crippen LogP contribution is -2.42. The van der Waals surface area contributed by atoms with E-state index in [0.29, 0.717) is 24.8 Å². The van der Waals surface area contributed by atoms with E-state index in [2.05, 4.69) is 47.7 Å². The molecule has 0 bridgehead atoms. The summed E-state index contributed by atoms with van der Waals surface area (Å²) in [6, 6.07) is 12.0. The zero-order valence-electron chi connectivity index (χ0n) is 17.0. The van der Waals surface area contributed by atoms with E-state index in [4.69, 9.17) is 4.74 Å². The molecule has 8 nitrogen and oxygen atoms in total. The molecule has 8 heteroatoms. The number of nitro groups is 1. The van der Waals surface area contributed by atoms with E-state index >= 15 is 0 Å². The summed E-state index contributed by atoms with van der Waals surface area (Å²) < 4.78 is 5.48. The van der Waals surface area contributed by atoms with Crippen molar-refractivity contribution in [1.29, 1.82) is 0 Å². The average molecular weight is 400 g/mol. The summed E-state index contributed by atoms with van der Waals surface area (Å²) in [5.74, 6) is 1.08. The Morgan fingerprint density at radius 2 is 1.93 bits per heavy atom. The Bertz CT molecular complexity index is 837. The second-order valence-electron chi connectivity index (χ2n) is 6.72. The summed E-state index contributed by atoms with van der Waals surface area (Å²) in [4.78, 5) is 14.8. The van der Waals surface area contributed by atoms with Gasteiger partial charge >= 0.3 is 0 Å². The number of benzene rings is 2. The first-order chi connectivity index (χ1) is 13.9. The van der Waals surface area contributed by atoms with E-state index in [-0.39, 0.29) is 18.8 Å². The summed E-state index contributed by atoms with van der Waals surface area (Å²) in [6.45, 7) is 7.66. The van der Waals surface area contributed by atoms with Crippen LogP contribution in [0.15, 0.2) is 47.5 Å². The maximum atomic E-state index is 10.7. The third kappa shape index (κ3) is 7.42. The number of ether oxygens (including phenoxy) is 1. The summed E-state index contributed by atoms with van der Waals surface area (Å²) in [5, 5.41) is 27.1. The van der Waals surface area contributed by atoms with Crippen molar-refractivity contribution >= 4 is 11.6 Å². The average Bonchev–Trinajstić information content (AvgIpc) is 2.69. The largest absolute Gasteiger partial charge is 0.491 e. The van der Waals surface area contributed by atoms with Gasteiger partial charge < -0.3 is 20.5 Å². The van der Waals surface area contributed by atoms with Gasteiger partial charge in [0.05, 0.1) is 11.5 Å². The molecule has 0 saturated heterocycles. The van der Waals surface area contributed by atoms with Gasteiger partial charge in [0, 0.05) is 25.2 Å². The molecule has 1 unspecified atom stereocenters. The number of non-ortho nitro benzene ring substituents is 1. The van der Waals surface area contributed by atoms with Crippen LogP contribution in [0.2, 0.25) is 0 Å². The molecule has 0 aliphatic rings. The van der Waals surface area contributed by atoms with E-state index in [1.807, 2.05) is 6.92 Å². The normalized spacial score (nSPS) is 12.3. The fourth-order valence-electron chi connectivity index (χ4n) is 2.66. The number of guanidine groups is 1. The maximum Gasteiger partial charge on any atom is 0.269 e. The van der Waals surface area contributed by atoms with Crippen molar-refractivity contribution in [1.82, 2.24) is 10.6 Å². The lowest BCUT2D eigenvalue weighted by Gasteiger charge is -2.16. The number of nitro benzene ring substituents is 1. The smallest absolute Gasteiger partial charge is 0.269 e. The monoisotopic (exact) mass is 400 g/mol. The van der Waals surface area contributed by atoms with Gasteiger partial charge in [0.25, 0.3) is 5.69 Å². The van der Waals surface area contributed by atoms with E-state index < -0.39 is 11.0 Å². The number of hydrogen-bond donors (Lipinski definition) is 3. The minimum atomic E-state index is -0.768. The fraction of sp³-hybridized carbons (Fsp3) is 0.381. The van der Waals surface area contributed by atoms with Crippen LogP contribution < -0.4 is 15.4 Å². The lowest BCUT2D eigenvalue weighted by molar-refractivity contribution is -0.384. The highest BCUT2D eigenvalue weighted by Crippen LogP contribution is 2.17. The van der Waals surface area contributed by atoms with E-state index in [0.717, 1.165) is 5.56 Å². The molecule has 156 valence electrons. The Morgan fingerprint density at radius 3 is 2.55 bits per heavy atom. The van der Waals surface area contributed by atoms with Crippen LogP contribution in [0.25, 0.3) is 0 Å². The first kappa shape index (κ1) is 22.2. The van der Waals surface area contributed by atoms with Gasteiger partial charge in [-0.1, -0.05) is 23.8 Å². The molecular formula is C21H28N4O4. The van der Waals surface area contributed by atoms with Crippen molar-refractivity contribution in [3.05, 3.63) is 69.3 Å². The molecule has 0 aromatic heterocycles. The van der Waals surface area contributed by atoms with Gasteiger partial charge in [0.1, 0.15) is 18.5 Å². The molecule has 1 atom stereocenters. The molecule has 0 saturated carbocycles. The van der Waals surface area contributed by atoms with Crippen molar-refractivity contribution < 1.29 is 14.8 Å². The number of nitrogens with one attached hydrogen (secondary N) is 2. The minimum Gasteiger partial charge on any atom is -0.491 e. The molecule has 0 fully saturated rings. The number of hydrogen-bond acceptors (Lipinski definition) is 5. The van der Waals surface area contributed by atoms with Crippen molar-refractivity contribution in [3.63, 3.8) is 0 Å². The first-order valence-corrected chi connectivity index (χ1v) is 9.52. The maximum absolute atomic E-state index is 10.7. The first-order valence-electron chi connectivity index (χ1n) is 9.52. The molecule has 2 rings (SSSR count). The second kappa shape index (κ2) is 11.0. The van der Waals surface area contributed by atoms with Crippen LogP contribution in [0, 0.1) is 24.0 Å². The third-order valence-corrected chi connectivity index (χ3v) is 4.24. The predicted octanol–water partition coefficient (Wildman–Crippen LogP) is 2.71. The van der Waals surface area contributed by atoms with Gasteiger partial charge in [-0.2, -0.15) is 0 Å². The molecule has 2 aromatic carbocycles. The third-order valence-electron chi connectivity index (χ3n) is 4.24. The van der Waals surface area contributed by atoms with Gasteiger partial charge in [0.15, 0.2) is 5.96 Å². The minimum absolute atomic E-state index is 0.00475. The fourth-order valence-corrected chi connectivity index (χ4v) is 2.66. The predicted molar refractivity (Wildman–Crippen MR) is 113 cm³/mol. The molecule has 0 amide bonds. The van der Waals surface area contributed by atoms with Crippen molar-refractivity contribution in [2.45, 2.75) is 33.4 Å². The molecule has 0 aliphatic heterocycles. The van der Waals surface area contributed by atoms with Gasteiger partial charge in [-0.05, 0) is 44.0 Å². The van der Waals surface area contributed by atoms with E-state index in [1.165, 1.54) is 35.4 Å². The highest BCUT2D eigenvalue weighted by atomic mass is 16.6. The van der Waals surface area contributed by atoms with Crippen LogP contribution in [-0.4, -0.2) is 41.8 Å². The molecule has 2 aromatic rings. The summed E-state index contributed by atoms with van der Waals surface area (Å²) in [5.41, 5.74) is 3.56. The molecule has 0 spiro atoms. The van der Waals surface area contributed by atoms with Crippen molar-refractivity contribution in [2.24, 2.45) is 4.99 Å². The molecule has 29 heavy (non-hydrogen) atoms. The Balaban J connectivity index is 1.84. The molecule has 0 heterocycles. The van der Waals surface area contributed by atoms with Crippen LogP contribution in [0.3, 0.4) is 0 Å². The van der Waals surface area contributed by atoms with Gasteiger partial charge in [0.2, 0.25) is 0 Å². The van der Waals surface area contributed by atoms with E-state index in [1.54, 1.807) is 0 Å². The number of aryl methyl sites for hydroxylation is 2. The quantitative estimate of drug-likeness (QED) is 0.258. The highest BCUT2D eigenvalue weighted by Gasteiger charge is 2.09. The highest BCUT2D eigenvalue weighted by molar-refractivity contribution is 5.79. The zero-order chi connectivity index (χ0) is 21.2. The summed E-state index contributed by atoms with van der Waals surface area (Å²) in [6.07, 6.45) is -0.768. The Labute approximate surface area is 170 Å². The molecule has 0 aliphatic carbocycles. The van der Waals surface area contributed by atoms with Crippen LogP contribution in [-0.2, 0) is 6.54 Å². The Kier molecular flexibility index (Phi) is 8.42. The molecule has 0 radical (unpaired) electrons. The van der Waals surface area contributed by atoms with Crippen LogP contribution in [0.4, 0.5) is 5.69 Å². The SMILES string of the molecule is CCNC(=NCc1ccc(C)cc1C)NCC(O)COc1ccc([N+](=O)[O-])cc1. The number of aliphatic hydroxyl groups is 1. The topological polar surface area (TPSA) is 109 Å². The Morgan fingerprint density at radius 1 is 1.21 bits per heavy atom. The van der Waals surface area contributed by atoms with Crippen molar-refractivity contribution in [3.8, 4) is 5.75 Å². The van der Waals surface area contributed by atoms with Gasteiger partial charge in [-0.3, -0.25) is 10.1 Å².